The van der Waals surface area contributed by atoms with Crippen molar-refractivity contribution in [2.45, 2.75) is 6.92 Å². The van der Waals surface area contributed by atoms with E-state index >= 15 is 0 Å². The van der Waals surface area contributed by atoms with Crippen molar-refractivity contribution in [3.05, 3.63) is 48.0 Å². The van der Waals surface area contributed by atoms with Gasteiger partial charge in [0.05, 0.1) is 17.9 Å². The number of para-hydroxylation sites is 2. The maximum atomic E-state index is 12.2. The molecule has 0 bridgehead atoms. The van der Waals surface area contributed by atoms with Crippen LogP contribution in [0.4, 0.5) is 11.4 Å². The number of rotatable bonds is 3. The Morgan fingerprint density at radius 3 is 2.87 bits per heavy atom. The van der Waals surface area contributed by atoms with Crippen LogP contribution in [0.1, 0.15) is 5.56 Å². The fourth-order valence-electron chi connectivity index (χ4n) is 2.44. The van der Waals surface area contributed by atoms with Crippen molar-refractivity contribution in [2.24, 2.45) is 0 Å². The van der Waals surface area contributed by atoms with Crippen LogP contribution in [0.2, 0.25) is 0 Å². The fourth-order valence-corrected chi connectivity index (χ4v) is 2.44. The predicted octanol–water partition coefficient (Wildman–Crippen LogP) is 2.06. The van der Waals surface area contributed by atoms with E-state index in [-0.39, 0.29) is 24.7 Å². The number of aromatic hydroxyl groups is 1. The highest BCUT2D eigenvalue weighted by atomic mass is 16.5. The standard InChI is InChI=1S/C17H16N2O4/c1-11-6-7-15-13(8-11)19(10-17(22)23-15)9-16(21)18-12-4-2-3-5-14(12)20/h2-8,20H,9-10H2,1H3,(H,18,21). The van der Waals surface area contributed by atoms with Gasteiger partial charge in [-0.15, -0.1) is 0 Å². The molecule has 1 aliphatic heterocycles. The van der Waals surface area contributed by atoms with E-state index in [2.05, 4.69) is 5.32 Å². The number of nitrogens with one attached hydrogen (secondary N) is 1. The Kier molecular flexibility index (Phi) is 3.89. The van der Waals surface area contributed by atoms with E-state index in [9.17, 15) is 14.7 Å². The molecule has 0 fully saturated rings. The predicted molar refractivity (Wildman–Crippen MR) is 85.8 cm³/mol. The molecule has 6 nitrogen and oxygen atoms in total. The molecular weight excluding hydrogens is 296 g/mol. The molecule has 6 heteroatoms. The largest absolute Gasteiger partial charge is 0.506 e. The first-order chi connectivity index (χ1) is 11.0. The van der Waals surface area contributed by atoms with Crippen molar-refractivity contribution in [1.82, 2.24) is 0 Å². The second-order valence-electron chi connectivity index (χ2n) is 5.37. The molecule has 23 heavy (non-hydrogen) atoms. The number of hydrogen-bond acceptors (Lipinski definition) is 5. The van der Waals surface area contributed by atoms with Crippen LogP contribution in [-0.2, 0) is 9.59 Å². The van der Waals surface area contributed by atoms with Gasteiger partial charge in [0, 0.05) is 0 Å². The topological polar surface area (TPSA) is 78.9 Å². The summed E-state index contributed by atoms with van der Waals surface area (Å²) in [6.07, 6.45) is 0. The summed E-state index contributed by atoms with van der Waals surface area (Å²) in [7, 11) is 0. The number of hydrogen-bond donors (Lipinski definition) is 2. The van der Waals surface area contributed by atoms with Gasteiger partial charge in [0.2, 0.25) is 5.91 Å². The number of anilines is 2. The molecule has 118 valence electrons. The molecule has 3 rings (SSSR count). The third-order valence-corrected chi connectivity index (χ3v) is 3.51. The molecule has 1 aliphatic rings. The normalized spacial score (nSPS) is 13.3. The number of nitrogens with zero attached hydrogens (tertiary/aromatic N) is 1. The van der Waals surface area contributed by atoms with Crippen molar-refractivity contribution in [3.63, 3.8) is 0 Å². The summed E-state index contributed by atoms with van der Waals surface area (Å²) in [5, 5.41) is 12.3. The van der Waals surface area contributed by atoms with Gasteiger partial charge in [-0.05, 0) is 36.8 Å². The van der Waals surface area contributed by atoms with Gasteiger partial charge in [0.15, 0.2) is 5.75 Å². The highest BCUT2D eigenvalue weighted by Crippen LogP contribution is 2.32. The molecule has 0 saturated carbocycles. The zero-order chi connectivity index (χ0) is 16.4. The lowest BCUT2D eigenvalue weighted by Crippen LogP contribution is -2.41. The molecule has 0 atom stereocenters. The van der Waals surface area contributed by atoms with E-state index < -0.39 is 5.97 Å². The summed E-state index contributed by atoms with van der Waals surface area (Å²) in [4.78, 5) is 25.6. The van der Waals surface area contributed by atoms with Gasteiger partial charge in [0.1, 0.15) is 12.3 Å². The van der Waals surface area contributed by atoms with E-state index in [0.29, 0.717) is 17.1 Å². The molecule has 0 saturated heterocycles. The number of fused-ring (bicyclic) bond motifs is 1. The number of carbonyl (C=O) groups is 2. The van der Waals surface area contributed by atoms with Gasteiger partial charge >= 0.3 is 5.97 Å². The Morgan fingerprint density at radius 2 is 2.09 bits per heavy atom. The van der Waals surface area contributed by atoms with Crippen LogP contribution < -0.4 is 15.0 Å². The van der Waals surface area contributed by atoms with E-state index in [1.165, 1.54) is 6.07 Å². The Hall–Kier alpha value is -3.02. The monoisotopic (exact) mass is 312 g/mol. The van der Waals surface area contributed by atoms with Gasteiger partial charge in [-0.1, -0.05) is 18.2 Å². The zero-order valence-corrected chi connectivity index (χ0v) is 12.6. The molecule has 2 aromatic rings. The minimum atomic E-state index is -0.406. The first-order valence-electron chi connectivity index (χ1n) is 7.17. The molecule has 2 aromatic carbocycles. The van der Waals surface area contributed by atoms with Gasteiger partial charge in [-0.25, -0.2) is 4.79 Å². The second-order valence-corrected chi connectivity index (χ2v) is 5.37. The maximum absolute atomic E-state index is 12.2. The van der Waals surface area contributed by atoms with E-state index in [1.807, 2.05) is 19.1 Å². The quantitative estimate of drug-likeness (QED) is 0.515. The van der Waals surface area contributed by atoms with Crippen molar-refractivity contribution in [2.75, 3.05) is 23.3 Å². The van der Waals surface area contributed by atoms with Crippen LogP contribution in [0.25, 0.3) is 0 Å². The minimum Gasteiger partial charge on any atom is -0.506 e. The molecule has 0 aliphatic carbocycles. The minimum absolute atomic E-state index is 0.00449. The second kappa shape index (κ2) is 6.00. The molecule has 2 N–H and O–H groups in total. The smallest absolute Gasteiger partial charge is 0.331 e. The van der Waals surface area contributed by atoms with E-state index in [4.69, 9.17) is 4.74 Å². The van der Waals surface area contributed by atoms with Crippen LogP contribution in [0.15, 0.2) is 42.5 Å². The molecular formula is C17H16N2O4. The molecule has 0 unspecified atom stereocenters. The fraction of sp³-hybridized carbons (Fsp3) is 0.176. The molecule has 0 radical (unpaired) electrons. The zero-order valence-electron chi connectivity index (χ0n) is 12.6. The highest BCUT2D eigenvalue weighted by molar-refractivity contribution is 5.97. The lowest BCUT2D eigenvalue weighted by Gasteiger charge is -2.29. The average Bonchev–Trinajstić information content (AvgIpc) is 2.50. The van der Waals surface area contributed by atoms with Crippen LogP contribution in [0, 0.1) is 6.92 Å². The van der Waals surface area contributed by atoms with Gasteiger partial charge in [0.25, 0.3) is 0 Å². The van der Waals surface area contributed by atoms with Crippen molar-refractivity contribution in [1.29, 1.82) is 0 Å². The molecule has 0 aromatic heterocycles. The Bertz CT molecular complexity index is 773. The molecule has 0 spiro atoms. The number of benzene rings is 2. The lowest BCUT2D eigenvalue weighted by atomic mass is 10.1. The van der Waals surface area contributed by atoms with Gasteiger partial charge in [-0.3, -0.25) is 4.79 Å². The van der Waals surface area contributed by atoms with Crippen molar-refractivity contribution >= 4 is 23.3 Å². The summed E-state index contributed by atoms with van der Waals surface area (Å²) >= 11 is 0. The van der Waals surface area contributed by atoms with Crippen LogP contribution in [-0.4, -0.2) is 30.1 Å². The number of ether oxygens (including phenoxy) is 1. The summed E-state index contributed by atoms with van der Waals surface area (Å²) in [6.45, 7) is 1.92. The Labute approximate surface area is 133 Å². The summed E-state index contributed by atoms with van der Waals surface area (Å²) in [6, 6.07) is 11.9. The summed E-state index contributed by atoms with van der Waals surface area (Å²) in [5.41, 5.74) is 2.05. The van der Waals surface area contributed by atoms with Gasteiger partial charge in [-0.2, -0.15) is 0 Å². The highest BCUT2D eigenvalue weighted by Gasteiger charge is 2.25. The molecule has 1 heterocycles. The summed E-state index contributed by atoms with van der Waals surface area (Å²) in [5.74, 6) is -0.289. The van der Waals surface area contributed by atoms with Crippen LogP contribution in [0.3, 0.4) is 0 Å². The maximum Gasteiger partial charge on any atom is 0.331 e. The van der Waals surface area contributed by atoms with E-state index in [1.54, 1.807) is 29.2 Å². The number of phenols is 1. The lowest BCUT2D eigenvalue weighted by molar-refractivity contribution is -0.133. The summed E-state index contributed by atoms with van der Waals surface area (Å²) < 4.78 is 5.18. The number of amides is 1. The van der Waals surface area contributed by atoms with E-state index in [0.717, 1.165) is 5.56 Å². The van der Waals surface area contributed by atoms with Crippen molar-refractivity contribution in [3.8, 4) is 11.5 Å². The third-order valence-electron chi connectivity index (χ3n) is 3.51. The van der Waals surface area contributed by atoms with Crippen LogP contribution in [0.5, 0.6) is 11.5 Å². The third kappa shape index (κ3) is 3.26. The number of esters is 1. The average molecular weight is 312 g/mol. The van der Waals surface area contributed by atoms with Gasteiger partial charge < -0.3 is 20.1 Å². The number of aryl methyl sites for hydroxylation is 1. The van der Waals surface area contributed by atoms with Crippen molar-refractivity contribution < 1.29 is 19.4 Å². The SMILES string of the molecule is Cc1ccc2c(c1)N(CC(=O)Nc1ccccc1O)CC(=O)O2. The number of carbonyl (C=O) groups excluding carboxylic acids is 2. The van der Waals surface area contributed by atoms with Crippen LogP contribution >= 0.6 is 0 Å². The first-order valence-corrected chi connectivity index (χ1v) is 7.17. The first kappa shape index (κ1) is 14.9. The Balaban J connectivity index is 1.78. The molecule has 1 amide bonds. The Morgan fingerprint density at radius 1 is 1.30 bits per heavy atom. The number of phenolic OH excluding ortho intramolecular Hbond substituents is 1.